The van der Waals surface area contributed by atoms with Gasteiger partial charge in [0.2, 0.25) is 15.9 Å². The minimum absolute atomic E-state index is 0.0236. The van der Waals surface area contributed by atoms with Crippen molar-refractivity contribution in [2.24, 2.45) is 0 Å². The first-order chi connectivity index (χ1) is 12.6. The van der Waals surface area contributed by atoms with Crippen molar-refractivity contribution in [1.29, 1.82) is 0 Å². The third kappa shape index (κ3) is 3.83. The molecule has 1 aromatic carbocycles. The maximum Gasteiger partial charge on any atom is 0.255 e. The third-order valence-corrected chi connectivity index (χ3v) is 8.51. The van der Waals surface area contributed by atoms with Crippen LogP contribution in [-0.2, 0) is 24.7 Å². The van der Waals surface area contributed by atoms with Crippen LogP contribution in [0.5, 0.6) is 0 Å². The molecule has 0 unspecified atom stereocenters. The number of carbonyl (C=O) groups excluding carboxylic acids is 2. The number of hydrogen-bond donors (Lipinski definition) is 0. The van der Waals surface area contributed by atoms with E-state index in [2.05, 4.69) is 0 Å². The molecule has 1 atom stereocenters. The third-order valence-electron chi connectivity index (χ3n) is 4.74. The molecule has 0 aliphatic carbocycles. The zero-order chi connectivity index (χ0) is 20.0. The van der Waals surface area contributed by atoms with E-state index >= 15 is 0 Å². The number of benzene rings is 1. The Kier molecular flexibility index (Phi) is 5.26. The standard InChI is InChI=1S/C16H19ClN2O6S2/c1-2-18(12-5-7-26(22,23)10-12)16(21)13-9-11(3-4-14(13)17)19-15(20)6-8-27(19,24)25/h3-4,9,12H,2,5-8,10H2,1H3/t12-/m0/s1. The SMILES string of the molecule is CCN(C(=O)c1cc(N2C(=O)CCS2(=O)=O)ccc1Cl)[C@H]1CCS(=O)(=O)C1. The number of amides is 2. The fourth-order valence-electron chi connectivity index (χ4n) is 3.42. The zero-order valence-electron chi connectivity index (χ0n) is 14.6. The van der Waals surface area contributed by atoms with Gasteiger partial charge in [-0.25, -0.2) is 21.1 Å². The maximum absolute atomic E-state index is 13.0. The van der Waals surface area contributed by atoms with Crippen LogP contribution in [0.1, 0.15) is 30.1 Å². The lowest BCUT2D eigenvalue weighted by molar-refractivity contribution is -0.116. The van der Waals surface area contributed by atoms with Gasteiger partial charge in [-0.05, 0) is 31.5 Å². The molecular formula is C16H19ClN2O6S2. The molecule has 8 nitrogen and oxygen atoms in total. The molecule has 2 amide bonds. The van der Waals surface area contributed by atoms with Crippen LogP contribution in [-0.4, -0.2) is 63.4 Å². The first-order valence-electron chi connectivity index (χ1n) is 8.42. The molecule has 2 fully saturated rings. The van der Waals surface area contributed by atoms with E-state index in [0.717, 1.165) is 0 Å². The zero-order valence-corrected chi connectivity index (χ0v) is 17.0. The van der Waals surface area contributed by atoms with Gasteiger partial charge in [-0.1, -0.05) is 11.6 Å². The summed E-state index contributed by atoms with van der Waals surface area (Å²) in [6, 6.07) is 3.56. The Morgan fingerprint density at radius 1 is 1.26 bits per heavy atom. The van der Waals surface area contributed by atoms with Gasteiger partial charge in [0.15, 0.2) is 9.84 Å². The largest absolute Gasteiger partial charge is 0.335 e. The second-order valence-electron chi connectivity index (χ2n) is 6.54. The molecule has 3 rings (SSSR count). The van der Waals surface area contributed by atoms with E-state index in [4.69, 9.17) is 11.6 Å². The highest BCUT2D eigenvalue weighted by molar-refractivity contribution is 7.94. The van der Waals surface area contributed by atoms with Crippen molar-refractivity contribution in [3.8, 4) is 0 Å². The van der Waals surface area contributed by atoms with Crippen LogP contribution in [0, 0.1) is 0 Å². The smallest absolute Gasteiger partial charge is 0.255 e. The average molecular weight is 435 g/mol. The van der Waals surface area contributed by atoms with Crippen molar-refractivity contribution in [3.05, 3.63) is 28.8 Å². The lowest BCUT2D eigenvalue weighted by atomic mass is 10.1. The Bertz CT molecular complexity index is 1010. The molecule has 0 aromatic heterocycles. The first kappa shape index (κ1) is 20.1. The highest BCUT2D eigenvalue weighted by Gasteiger charge is 2.38. The Morgan fingerprint density at radius 3 is 2.48 bits per heavy atom. The van der Waals surface area contributed by atoms with Gasteiger partial charge in [0.25, 0.3) is 5.91 Å². The predicted octanol–water partition coefficient (Wildman–Crippen LogP) is 1.06. The summed E-state index contributed by atoms with van der Waals surface area (Å²) in [5.74, 6) is -1.42. The molecule has 2 aliphatic rings. The van der Waals surface area contributed by atoms with Crippen LogP contribution < -0.4 is 4.31 Å². The van der Waals surface area contributed by atoms with Crippen LogP contribution in [0.15, 0.2) is 18.2 Å². The van der Waals surface area contributed by atoms with Gasteiger partial charge >= 0.3 is 0 Å². The van der Waals surface area contributed by atoms with E-state index in [-0.39, 0.29) is 46.5 Å². The quantitative estimate of drug-likeness (QED) is 0.700. The Balaban J connectivity index is 1.96. The van der Waals surface area contributed by atoms with E-state index in [1.54, 1.807) is 6.92 Å². The first-order valence-corrected chi connectivity index (χ1v) is 12.2. The summed E-state index contributed by atoms with van der Waals surface area (Å²) in [5.41, 5.74) is 0.0931. The minimum atomic E-state index is -3.77. The van der Waals surface area contributed by atoms with Gasteiger partial charge in [-0.2, -0.15) is 0 Å². The second kappa shape index (κ2) is 7.06. The molecule has 0 spiro atoms. The summed E-state index contributed by atoms with van der Waals surface area (Å²) in [5, 5.41) is 0.104. The molecule has 0 saturated carbocycles. The van der Waals surface area contributed by atoms with Crippen molar-refractivity contribution in [1.82, 2.24) is 4.90 Å². The van der Waals surface area contributed by atoms with Gasteiger partial charge in [-0.15, -0.1) is 0 Å². The summed E-state index contributed by atoms with van der Waals surface area (Å²) >= 11 is 6.15. The van der Waals surface area contributed by atoms with Crippen molar-refractivity contribution in [3.63, 3.8) is 0 Å². The second-order valence-corrected chi connectivity index (χ2v) is 11.1. The fourth-order valence-corrected chi connectivity index (χ4v) is 6.80. The number of sulfone groups is 1. The normalized spacial score (nSPS) is 23.6. The summed E-state index contributed by atoms with van der Waals surface area (Å²) in [6.07, 6.45) is 0.230. The highest BCUT2D eigenvalue weighted by atomic mass is 35.5. The monoisotopic (exact) mass is 434 g/mol. The summed E-state index contributed by atoms with van der Waals surface area (Å²) in [4.78, 5) is 26.4. The van der Waals surface area contributed by atoms with Gasteiger partial charge in [0, 0.05) is 19.0 Å². The minimum Gasteiger partial charge on any atom is -0.335 e. The van der Waals surface area contributed by atoms with E-state index < -0.39 is 37.7 Å². The van der Waals surface area contributed by atoms with E-state index in [0.29, 0.717) is 10.7 Å². The molecule has 0 bridgehead atoms. The van der Waals surface area contributed by atoms with Gasteiger partial charge in [0.1, 0.15) is 0 Å². The Labute approximate surface area is 163 Å². The predicted molar refractivity (Wildman–Crippen MR) is 101 cm³/mol. The van der Waals surface area contributed by atoms with Gasteiger partial charge < -0.3 is 4.90 Å². The van der Waals surface area contributed by atoms with E-state index in [1.165, 1.54) is 23.1 Å². The summed E-state index contributed by atoms with van der Waals surface area (Å²) < 4.78 is 48.4. The van der Waals surface area contributed by atoms with Crippen molar-refractivity contribution in [2.75, 3.05) is 28.1 Å². The number of sulfonamides is 1. The van der Waals surface area contributed by atoms with Crippen molar-refractivity contribution in [2.45, 2.75) is 25.8 Å². The number of carbonyl (C=O) groups is 2. The van der Waals surface area contributed by atoms with Crippen LogP contribution in [0.4, 0.5) is 5.69 Å². The molecule has 11 heteroatoms. The van der Waals surface area contributed by atoms with Gasteiger partial charge in [-0.3, -0.25) is 9.59 Å². The molecule has 148 valence electrons. The Morgan fingerprint density at radius 2 is 1.96 bits per heavy atom. The van der Waals surface area contributed by atoms with Crippen LogP contribution in [0.2, 0.25) is 5.02 Å². The average Bonchev–Trinajstić information content (AvgIpc) is 3.07. The highest BCUT2D eigenvalue weighted by Crippen LogP contribution is 2.30. The van der Waals surface area contributed by atoms with Crippen molar-refractivity contribution >= 4 is 49.0 Å². The number of anilines is 1. The fraction of sp³-hybridized carbons (Fsp3) is 0.500. The van der Waals surface area contributed by atoms with Crippen molar-refractivity contribution < 1.29 is 26.4 Å². The molecule has 1 aromatic rings. The summed E-state index contributed by atoms with van der Waals surface area (Å²) in [7, 11) is -6.94. The van der Waals surface area contributed by atoms with Gasteiger partial charge in [0.05, 0.1) is 33.5 Å². The number of halogens is 1. The lowest BCUT2D eigenvalue weighted by Crippen LogP contribution is -2.41. The topological polar surface area (TPSA) is 109 Å². The van der Waals surface area contributed by atoms with Crippen LogP contribution in [0.25, 0.3) is 0 Å². The molecule has 0 N–H and O–H groups in total. The molecule has 2 aliphatic heterocycles. The molecular weight excluding hydrogens is 416 g/mol. The van der Waals surface area contributed by atoms with Crippen LogP contribution >= 0.6 is 11.6 Å². The van der Waals surface area contributed by atoms with Crippen LogP contribution in [0.3, 0.4) is 0 Å². The number of rotatable bonds is 4. The maximum atomic E-state index is 13.0. The van der Waals surface area contributed by atoms with E-state index in [9.17, 15) is 26.4 Å². The number of hydrogen-bond acceptors (Lipinski definition) is 6. The molecule has 27 heavy (non-hydrogen) atoms. The lowest BCUT2D eigenvalue weighted by Gasteiger charge is -2.27. The molecule has 0 radical (unpaired) electrons. The summed E-state index contributed by atoms with van der Waals surface area (Å²) in [6.45, 7) is 2.01. The Hall–Kier alpha value is -1.65. The molecule has 2 heterocycles. The molecule has 2 saturated heterocycles. The number of nitrogens with zero attached hydrogens (tertiary/aromatic N) is 2. The van der Waals surface area contributed by atoms with E-state index in [1.807, 2.05) is 0 Å².